The molecule has 122 valence electrons. The molecule has 23 heavy (non-hydrogen) atoms. The molecule has 2 aromatic carbocycles. The molecule has 0 saturated carbocycles. The molecule has 2 heteroatoms. The number of nitrogens with zero attached hydrogens (tertiary/aromatic N) is 1. The Balaban J connectivity index is 1.45. The maximum absolute atomic E-state index is 6.00. The van der Waals surface area contributed by atoms with E-state index in [0.717, 1.165) is 25.4 Å². The zero-order chi connectivity index (χ0) is 16.1. The topological polar surface area (TPSA) is 12.5 Å². The highest BCUT2D eigenvalue weighted by atomic mass is 16.5. The van der Waals surface area contributed by atoms with Gasteiger partial charge in [0.25, 0.3) is 0 Å². The summed E-state index contributed by atoms with van der Waals surface area (Å²) in [6.45, 7) is 8.63. The summed E-state index contributed by atoms with van der Waals surface area (Å²) in [6, 6.07) is 19.3. The third-order valence-corrected chi connectivity index (χ3v) is 4.65. The van der Waals surface area contributed by atoms with Crippen LogP contribution in [-0.4, -0.2) is 24.6 Å². The van der Waals surface area contributed by atoms with Crippen LogP contribution in [0.1, 0.15) is 37.3 Å². The van der Waals surface area contributed by atoms with Crippen molar-refractivity contribution in [3.05, 3.63) is 65.7 Å². The Kier molecular flexibility index (Phi) is 5.35. The fraction of sp³-hybridized carbons (Fsp3) is 0.429. The molecule has 0 radical (unpaired) electrons. The average Bonchev–Trinajstić information content (AvgIpc) is 3.02. The zero-order valence-electron chi connectivity index (χ0n) is 14.2. The van der Waals surface area contributed by atoms with Gasteiger partial charge >= 0.3 is 0 Å². The van der Waals surface area contributed by atoms with Crippen LogP contribution < -0.4 is 4.74 Å². The third-order valence-electron chi connectivity index (χ3n) is 4.65. The highest BCUT2D eigenvalue weighted by Crippen LogP contribution is 2.22. The Morgan fingerprint density at radius 3 is 2.48 bits per heavy atom. The van der Waals surface area contributed by atoms with Crippen LogP contribution in [0.3, 0.4) is 0 Å². The number of ether oxygens (including phenoxy) is 1. The maximum atomic E-state index is 6.00. The number of hydrogen-bond acceptors (Lipinski definition) is 2. The Hall–Kier alpha value is -1.80. The summed E-state index contributed by atoms with van der Waals surface area (Å²) in [5.41, 5.74) is 2.77. The van der Waals surface area contributed by atoms with Crippen molar-refractivity contribution in [2.24, 2.45) is 5.92 Å². The first-order chi connectivity index (χ1) is 11.2. The van der Waals surface area contributed by atoms with E-state index in [1.807, 2.05) is 0 Å². The predicted octanol–water partition coefficient (Wildman–Crippen LogP) is 4.71. The SMILES string of the molecule is CC(C)c1ccc(OCC2CCN(Cc3ccccc3)C2)cc1. The van der Waals surface area contributed by atoms with Crippen LogP contribution in [0.4, 0.5) is 0 Å². The number of hydrogen-bond donors (Lipinski definition) is 0. The van der Waals surface area contributed by atoms with Gasteiger partial charge in [0.15, 0.2) is 0 Å². The second kappa shape index (κ2) is 7.65. The lowest BCUT2D eigenvalue weighted by Crippen LogP contribution is -2.22. The molecule has 0 amide bonds. The fourth-order valence-electron chi connectivity index (χ4n) is 3.20. The number of rotatable bonds is 6. The number of likely N-dealkylation sites (tertiary alicyclic amines) is 1. The Labute approximate surface area is 140 Å². The molecule has 0 aliphatic carbocycles. The van der Waals surface area contributed by atoms with Gasteiger partial charge in [-0.1, -0.05) is 56.3 Å². The lowest BCUT2D eigenvalue weighted by Gasteiger charge is -2.16. The minimum absolute atomic E-state index is 0.574. The molecule has 3 rings (SSSR count). The van der Waals surface area contributed by atoms with Crippen LogP contribution in [0.25, 0.3) is 0 Å². The first kappa shape index (κ1) is 16.1. The maximum Gasteiger partial charge on any atom is 0.119 e. The summed E-state index contributed by atoms with van der Waals surface area (Å²) in [5.74, 6) is 2.21. The lowest BCUT2D eigenvalue weighted by molar-refractivity contribution is 0.238. The van der Waals surface area contributed by atoms with E-state index in [1.165, 1.54) is 24.1 Å². The molecular formula is C21H27NO. The predicted molar refractivity (Wildman–Crippen MR) is 95.9 cm³/mol. The minimum Gasteiger partial charge on any atom is -0.493 e. The van der Waals surface area contributed by atoms with Crippen molar-refractivity contribution in [1.29, 1.82) is 0 Å². The van der Waals surface area contributed by atoms with Gasteiger partial charge in [-0.3, -0.25) is 4.90 Å². The molecule has 1 fully saturated rings. The molecule has 1 aliphatic heterocycles. The van der Waals surface area contributed by atoms with Crippen LogP contribution >= 0.6 is 0 Å². The molecular weight excluding hydrogens is 282 g/mol. The summed E-state index contributed by atoms with van der Waals surface area (Å²) in [4.78, 5) is 2.53. The van der Waals surface area contributed by atoms with E-state index >= 15 is 0 Å². The van der Waals surface area contributed by atoms with Gasteiger partial charge in [-0.25, -0.2) is 0 Å². The molecule has 0 N–H and O–H groups in total. The van der Waals surface area contributed by atoms with Gasteiger partial charge < -0.3 is 4.74 Å². The second-order valence-electron chi connectivity index (χ2n) is 6.91. The molecule has 1 unspecified atom stereocenters. The van der Waals surface area contributed by atoms with Crippen molar-refractivity contribution in [2.45, 2.75) is 32.7 Å². The molecule has 1 heterocycles. The van der Waals surface area contributed by atoms with E-state index < -0.39 is 0 Å². The van der Waals surface area contributed by atoms with Crippen LogP contribution in [0.5, 0.6) is 5.75 Å². The van der Waals surface area contributed by atoms with Crippen molar-refractivity contribution < 1.29 is 4.74 Å². The van der Waals surface area contributed by atoms with Crippen LogP contribution in [0.15, 0.2) is 54.6 Å². The van der Waals surface area contributed by atoms with Crippen molar-refractivity contribution in [2.75, 3.05) is 19.7 Å². The quantitative estimate of drug-likeness (QED) is 0.766. The number of benzene rings is 2. The van der Waals surface area contributed by atoms with Gasteiger partial charge in [0.2, 0.25) is 0 Å². The van der Waals surface area contributed by atoms with E-state index in [9.17, 15) is 0 Å². The van der Waals surface area contributed by atoms with Crippen molar-refractivity contribution >= 4 is 0 Å². The first-order valence-corrected chi connectivity index (χ1v) is 8.70. The Morgan fingerprint density at radius 1 is 1.04 bits per heavy atom. The van der Waals surface area contributed by atoms with Gasteiger partial charge in [0, 0.05) is 19.0 Å². The molecule has 1 aliphatic rings. The highest BCUT2D eigenvalue weighted by Gasteiger charge is 2.22. The Morgan fingerprint density at radius 2 is 1.78 bits per heavy atom. The Bertz CT molecular complexity index is 591. The molecule has 1 atom stereocenters. The molecule has 0 spiro atoms. The summed E-state index contributed by atoms with van der Waals surface area (Å²) in [7, 11) is 0. The molecule has 2 aromatic rings. The second-order valence-corrected chi connectivity index (χ2v) is 6.91. The molecule has 0 bridgehead atoms. The van der Waals surface area contributed by atoms with Crippen LogP contribution in [-0.2, 0) is 6.54 Å². The van der Waals surface area contributed by atoms with Gasteiger partial charge in [-0.05, 0) is 42.1 Å². The highest BCUT2D eigenvalue weighted by molar-refractivity contribution is 5.28. The standard InChI is InChI=1S/C21H27NO/c1-17(2)20-8-10-21(11-9-20)23-16-19-12-13-22(15-19)14-18-6-4-3-5-7-18/h3-11,17,19H,12-16H2,1-2H3. The smallest absolute Gasteiger partial charge is 0.119 e. The van der Waals surface area contributed by atoms with Crippen LogP contribution in [0.2, 0.25) is 0 Å². The van der Waals surface area contributed by atoms with E-state index in [1.54, 1.807) is 0 Å². The monoisotopic (exact) mass is 309 g/mol. The summed E-state index contributed by atoms with van der Waals surface area (Å²) < 4.78 is 6.00. The van der Waals surface area contributed by atoms with E-state index in [-0.39, 0.29) is 0 Å². The van der Waals surface area contributed by atoms with Crippen molar-refractivity contribution in [3.8, 4) is 5.75 Å². The minimum atomic E-state index is 0.574. The summed E-state index contributed by atoms with van der Waals surface area (Å²) in [5, 5.41) is 0. The van der Waals surface area contributed by atoms with E-state index in [4.69, 9.17) is 4.74 Å². The van der Waals surface area contributed by atoms with Gasteiger partial charge in [0.05, 0.1) is 6.61 Å². The lowest BCUT2D eigenvalue weighted by atomic mass is 10.0. The van der Waals surface area contributed by atoms with Gasteiger partial charge in [-0.15, -0.1) is 0 Å². The summed E-state index contributed by atoms with van der Waals surface area (Å²) in [6.07, 6.45) is 1.23. The van der Waals surface area contributed by atoms with Crippen molar-refractivity contribution in [1.82, 2.24) is 4.90 Å². The van der Waals surface area contributed by atoms with Crippen LogP contribution in [0, 0.1) is 5.92 Å². The normalized spacial score (nSPS) is 18.5. The van der Waals surface area contributed by atoms with E-state index in [0.29, 0.717) is 11.8 Å². The van der Waals surface area contributed by atoms with Crippen molar-refractivity contribution in [3.63, 3.8) is 0 Å². The largest absolute Gasteiger partial charge is 0.493 e. The average molecular weight is 309 g/mol. The summed E-state index contributed by atoms with van der Waals surface area (Å²) >= 11 is 0. The van der Waals surface area contributed by atoms with E-state index in [2.05, 4.69) is 73.3 Å². The fourth-order valence-corrected chi connectivity index (χ4v) is 3.20. The third kappa shape index (κ3) is 4.59. The molecule has 1 saturated heterocycles. The first-order valence-electron chi connectivity index (χ1n) is 8.70. The van der Waals surface area contributed by atoms with Gasteiger partial charge in [-0.2, -0.15) is 0 Å². The molecule has 0 aromatic heterocycles. The molecule has 2 nitrogen and oxygen atoms in total. The van der Waals surface area contributed by atoms with Gasteiger partial charge in [0.1, 0.15) is 5.75 Å². The zero-order valence-corrected chi connectivity index (χ0v) is 14.2.